The predicted octanol–water partition coefficient (Wildman–Crippen LogP) is 5.75. The average Bonchev–Trinajstić information content (AvgIpc) is 3.30. The Morgan fingerprint density at radius 1 is 1.16 bits per heavy atom. The Morgan fingerprint density at radius 3 is 2.56 bits per heavy atom. The molecule has 8 heteroatoms. The molecule has 4 aromatic rings. The molecule has 0 radical (unpaired) electrons. The maximum absolute atomic E-state index is 13.6. The number of amides is 1. The summed E-state index contributed by atoms with van der Waals surface area (Å²) >= 11 is 7.48. The first-order valence-electron chi connectivity index (χ1n) is 10.1. The highest BCUT2D eigenvalue weighted by Crippen LogP contribution is 2.42. The Bertz CT molecular complexity index is 1410. The van der Waals surface area contributed by atoms with Crippen molar-refractivity contribution < 1.29 is 13.9 Å². The zero-order chi connectivity index (χ0) is 22.6. The lowest BCUT2D eigenvalue weighted by molar-refractivity contribution is 0.0971. The van der Waals surface area contributed by atoms with Crippen molar-refractivity contribution in [2.45, 2.75) is 32.9 Å². The SMILES string of the molecule is Cc1csc(N2C(=O)c3oc4ccc(Cl)cc4c(=O)c3C2c2ccc(OC(C)C)cc2)n1. The number of carbonyl (C=O) groups excluding carboxylic acids is 1. The van der Waals surface area contributed by atoms with Crippen LogP contribution in [-0.2, 0) is 0 Å². The molecule has 1 aliphatic heterocycles. The number of anilines is 1. The third kappa shape index (κ3) is 3.38. The normalized spacial score (nSPS) is 15.6. The lowest BCUT2D eigenvalue weighted by Gasteiger charge is -2.23. The number of rotatable bonds is 4. The monoisotopic (exact) mass is 466 g/mol. The van der Waals surface area contributed by atoms with Crippen LogP contribution in [0.15, 0.2) is 57.1 Å². The third-order valence-corrected chi connectivity index (χ3v) is 6.41. The Morgan fingerprint density at radius 2 is 1.91 bits per heavy atom. The molecule has 3 heterocycles. The number of nitrogens with zero attached hydrogens (tertiary/aromatic N) is 2. The second-order valence-electron chi connectivity index (χ2n) is 7.90. The Hall–Kier alpha value is -3.16. The first-order chi connectivity index (χ1) is 15.3. The first-order valence-corrected chi connectivity index (χ1v) is 11.4. The number of thiazole rings is 1. The number of ether oxygens (including phenoxy) is 1. The molecule has 162 valence electrons. The van der Waals surface area contributed by atoms with E-state index in [-0.39, 0.29) is 22.9 Å². The molecule has 0 fully saturated rings. The van der Waals surface area contributed by atoms with Crippen LogP contribution in [0, 0.1) is 6.92 Å². The highest BCUT2D eigenvalue weighted by molar-refractivity contribution is 7.14. The van der Waals surface area contributed by atoms with Gasteiger partial charge >= 0.3 is 0 Å². The molecule has 0 saturated heterocycles. The molecule has 1 aliphatic rings. The predicted molar refractivity (Wildman–Crippen MR) is 125 cm³/mol. The number of hydrogen-bond acceptors (Lipinski definition) is 6. The summed E-state index contributed by atoms with van der Waals surface area (Å²) in [4.78, 5) is 33.1. The molecule has 1 amide bonds. The fourth-order valence-electron chi connectivity index (χ4n) is 3.91. The largest absolute Gasteiger partial charge is 0.491 e. The molecule has 2 aromatic carbocycles. The van der Waals surface area contributed by atoms with E-state index in [1.54, 1.807) is 18.2 Å². The number of hydrogen-bond donors (Lipinski definition) is 0. The van der Waals surface area contributed by atoms with Crippen LogP contribution in [-0.4, -0.2) is 17.0 Å². The van der Waals surface area contributed by atoms with Crippen molar-refractivity contribution in [1.29, 1.82) is 0 Å². The van der Waals surface area contributed by atoms with Crippen LogP contribution >= 0.6 is 22.9 Å². The van der Waals surface area contributed by atoms with E-state index in [9.17, 15) is 9.59 Å². The quantitative estimate of drug-likeness (QED) is 0.383. The van der Waals surface area contributed by atoms with E-state index < -0.39 is 11.9 Å². The number of halogens is 1. The highest BCUT2D eigenvalue weighted by atomic mass is 35.5. The Kier molecular flexibility index (Phi) is 5.03. The topological polar surface area (TPSA) is 72.6 Å². The summed E-state index contributed by atoms with van der Waals surface area (Å²) in [7, 11) is 0. The molecule has 1 atom stereocenters. The summed E-state index contributed by atoms with van der Waals surface area (Å²) in [6.07, 6.45) is 0.0348. The van der Waals surface area contributed by atoms with Gasteiger partial charge in [-0.1, -0.05) is 23.7 Å². The van der Waals surface area contributed by atoms with Gasteiger partial charge in [0.05, 0.1) is 28.8 Å². The summed E-state index contributed by atoms with van der Waals surface area (Å²) in [6.45, 7) is 5.77. The van der Waals surface area contributed by atoms with Crippen molar-refractivity contribution in [3.8, 4) is 5.75 Å². The maximum Gasteiger partial charge on any atom is 0.297 e. The summed E-state index contributed by atoms with van der Waals surface area (Å²) < 4.78 is 11.7. The summed E-state index contributed by atoms with van der Waals surface area (Å²) in [6, 6.07) is 11.5. The molecule has 0 N–H and O–H groups in total. The van der Waals surface area contributed by atoms with Crippen molar-refractivity contribution >= 4 is 44.9 Å². The standard InChI is InChI=1S/C24H19ClN2O4S/c1-12(2)30-16-7-4-14(5-8-16)20-19-21(28)17-10-15(25)6-9-18(17)31-22(19)23(29)27(20)24-26-13(3)11-32-24/h4-12,20H,1-3H3. The van der Waals surface area contributed by atoms with Crippen LogP contribution in [0.2, 0.25) is 5.02 Å². The van der Waals surface area contributed by atoms with Gasteiger partial charge < -0.3 is 9.15 Å². The van der Waals surface area contributed by atoms with Crippen LogP contribution in [0.4, 0.5) is 5.13 Å². The van der Waals surface area contributed by atoms with E-state index >= 15 is 0 Å². The zero-order valence-electron chi connectivity index (χ0n) is 17.6. The number of fused-ring (bicyclic) bond motifs is 2. The van der Waals surface area contributed by atoms with Gasteiger partial charge in [0, 0.05) is 10.4 Å². The van der Waals surface area contributed by atoms with E-state index in [1.165, 1.54) is 16.2 Å². The van der Waals surface area contributed by atoms with E-state index in [1.807, 2.05) is 50.4 Å². The van der Waals surface area contributed by atoms with Crippen molar-refractivity contribution in [2.24, 2.45) is 0 Å². The van der Waals surface area contributed by atoms with Crippen LogP contribution in [0.25, 0.3) is 11.0 Å². The molecule has 1 unspecified atom stereocenters. The van der Waals surface area contributed by atoms with Gasteiger partial charge in [-0.25, -0.2) is 4.98 Å². The van der Waals surface area contributed by atoms with Crippen LogP contribution < -0.4 is 15.1 Å². The maximum atomic E-state index is 13.6. The Balaban J connectivity index is 1.73. The molecule has 0 spiro atoms. The fraction of sp³-hybridized carbons (Fsp3) is 0.208. The van der Waals surface area contributed by atoms with Crippen LogP contribution in [0.3, 0.4) is 0 Å². The van der Waals surface area contributed by atoms with Gasteiger partial charge in [0.2, 0.25) is 5.76 Å². The lowest BCUT2D eigenvalue weighted by Crippen LogP contribution is -2.29. The van der Waals surface area contributed by atoms with Gasteiger partial charge in [-0.2, -0.15) is 0 Å². The number of aryl methyl sites for hydroxylation is 1. The average molecular weight is 467 g/mol. The van der Waals surface area contributed by atoms with Gasteiger partial charge in [-0.05, 0) is 56.7 Å². The second-order valence-corrected chi connectivity index (χ2v) is 9.17. The van der Waals surface area contributed by atoms with E-state index in [2.05, 4.69) is 4.98 Å². The molecule has 0 saturated carbocycles. The van der Waals surface area contributed by atoms with Crippen molar-refractivity contribution in [2.75, 3.05) is 4.90 Å². The highest BCUT2D eigenvalue weighted by Gasteiger charge is 2.44. The van der Waals surface area contributed by atoms with E-state index in [4.69, 9.17) is 20.8 Å². The minimum Gasteiger partial charge on any atom is -0.491 e. The second kappa shape index (κ2) is 7.76. The van der Waals surface area contributed by atoms with Crippen molar-refractivity contribution in [3.05, 3.63) is 85.7 Å². The molecular formula is C24H19ClN2O4S. The van der Waals surface area contributed by atoms with E-state index in [0.29, 0.717) is 26.9 Å². The van der Waals surface area contributed by atoms with Gasteiger partial charge in [-0.15, -0.1) is 11.3 Å². The smallest absolute Gasteiger partial charge is 0.297 e. The molecule has 6 nitrogen and oxygen atoms in total. The zero-order valence-corrected chi connectivity index (χ0v) is 19.2. The van der Waals surface area contributed by atoms with Gasteiger partial charge in [-0.3, -0.25) is 14.5 Å². The van der Waals surface area contributed by atoms with Crippen molar-refractivity contribution in [3.63, 3.8) is 0 Å². The van der Waals surface area contributed by atoms with Crippen LogP contribution in [0.5, 0.6) is 5.75 Å². The molecule has 32 heavy (non-hydrogen) atoms. The Labute approximate surface area is 193 Å². The van der Waals surface area contributed by atoms with Crippen LogP contribution in [0.1, 0.15) is 47.3 Å². The van der Waals surface area contributed by atoms with Gasteiger partial charge in [0.25, 0.3) is 5.91 Å². The number of aromatic nitrogens is 1. The summed E-state index contributed by atoms with van der Waals surface area (Å²) in [5.74, 6) is 0.350. The molecule has 0 bridgehead atoms. The van der Waals surface area contributed by atoms with Crippen molar-refractivity contribution in [1.82, 2.24) is 4.98 Å². The van der Waals surface area contributed by atoms with Gasteiger partial charge in [0.1, 0.15) is 11.3 Å². The van der Waals surface area contributed by atoms with Gasteiger partial charge in [0.15, 0.2) is 10.6 Å². The summed E-state index contributed by atoms with van der Waals surface area (Å²) in [5.41, 5.74) is 1.89. The molecule has 2 aromatic heterocycles. The minimum atomic E-state index is -0.671. The summed E-state index contributed by atoms with van der Waals surface area (Å²) in [5, 5.41) is 3.14. The first kappa shape index (κ1) is 20.7. The minimum absolute atomic E-state index is 0.0326. The third-order valence-electron chi connectivity index (χ3n) is 5.21. The number of carbonyl (C=O) groups is 1. The number of benzene rings is 2. The lowest BCUT2D eigenvalue weighted by atomic mass is 9.98. The fourth-order valence-corrected chi connectivity index (χ4v) is 4.91. The molecule has 5 rings (SSSR count). The molecule has 0 aliphatic carbocycles. The van der Waals surface area contributed by atoms with E-state index in [0.717, 1.165) is 11.3 Å². The molecular weight excluding hydrogens is 448 g/mol.